The number of rotatable bonds is 6. The number of nitrogens with zero attached hydrogens (tertiary/aromatic N) is 1. The molecule has 19 heavy (non-hydrogen) atoms. The number of ether oxygens (including phenoxy) is 1. The zero-order chi connectivity index (χ0) is 14.3. The average molecular weight is 266 g/mol. The van der Waals surface area contributed by atoms with Crippen molar-refractivity contribution < 1.29 is 19.4 Å². The van der Waals surface area contributed by atoms with Gasteiger partial charge in [-0.05, 0) is 31.4 Å². The van der Waals surface area contributed by atoms with Crippen LogP contribution in [0.2, 0.25) is 0 Å². The van der Waals surface area contributed by atoms with Gasteiger partial charge in [-0.1, -0.05) is 6.07 Å². The van der Waals surface area contributed by atoms with Gasteiger partial charge in [0.25, 0.3) is 5.91 Å². The molecule has 0 saturated heterocycles. The second kappa shape index (κ2) is 7.48. The second-order valence-electron chi connectivity index (χ2n) is 4.20. The Labute approximate surface area is 111 Å². The van der Waals surface area contributed by atoms with E-state index in [0.717, 1.165) is 5.56 Å². The highest BCUT2D eigenvalue weighted by molar-refractivity contribution is 5.94. The fourth-order valence-corrected chi connectivity index (χ4v) is 1.40. The molecule has 0 fully saturated rings. The maximum Gasteiger partial charge on any atom is 0.325 e. The van der Waals surface area contributed by atoms with E-state index in [1.165, 1.54) is 7.11 Å². The minimum absolute atomic E-state index is 0.180. The summed E-state index contributed by atoms with van der Waals surface area (Å²) < 4.78 is 4.41. The van der Waals surface area contributed by atoms with E-state index >= 15 is 0 Å². The molecule has 0 aromatic carbocycles. The van der Waals surface area contributed by atoms with Gasteiger partial charge < -0.3 is 15.2 Å². The molecule has 1 atom stereocenters. The van der Waals surface area contributed by atoms with Crippen LogP contribution in [0.25, 0.3) is 0 Å². The third kappa shape index (κ3) is 5.48. The van der Waals surface area contributed by atoms with Crippen LogP contribution in [0.15, 0.2) is 18.3 Å². The Morgan fingerprint density at radius 3 is 2.74 bits per heavy atom. The van der Waals surface area contributed by atoms with Gasteiger partial charge >= 0.3 is 5.97 Å². The highest BCUT2D eigenvalue weighted by atomic mass is 16.5. The molecule has 1 aromatic heterocycles. The van der Waals surface area contributed by atoms with Crippen molar-refractivity contribution in [1.82, 2.24) is 10.3 Å². The number of aromatic nitrogens is 1. The number of carbonyl (C=O) groups is 2. The van der Waals surface area contributed by atoms with Crippen molar-refractivity contribution in [3.8, 4) is 0 Å². The Morgan fingerprint density at radius 1 is 1.47 bits per heavy atom. The summed E-state index contributed by atoms with van der Waals surface area (Å²) >= 11 is 0. The molecule has 6 nitrogen and oxygen atoms in total. The van der Waals surface area contributed by atoms with Crippen LogP contribution < -0.4 is 5.32 Å². The predicted molar refractivity (Wildman–Crippen MR) is 68.6 cm³/mol. The first-order valence-corrected chi connectivity index (χ1v) is 6.01. The molecule has 0 saturated carbocycles. The number of aryl methyl sites for hydroxylation is 1. The quantitative estimate of drug-likeness (QED) is 0.723. The second-order valence-corrected chi connectivity index (χ2v) is 4.20. The van der Waals surface area contributed by atoms with Crippen LogP contribution in [0, 0.1) is 0 Å². The van der Waals surface area contributed by atoms with Crippen LogP contribution >= 0.6 is 0 Å². The Hall–Kier alpha value is -1.95. The van der Waals surface area contributed by atoms with Crippen LogP contribution in [-0.2, 0) is 16.0 Å². The normalized spacial score (nSPS) is 11.7. The first-order valence-electron chi connectivity index (χ1n) is 6.01. The zero-order valence-electron chi connectivity index (χ0n) is 11.0. The Balaban J connectivity index is 2.51. The van der Waals surface area contributed by atoms with E-state index in [2.05, 4.69) is 15.0 Å². The molecule has 0 aliphatic rings. The van der Waals surface area contributed by atoms with Crippen LogP contribution in [0.4, 0.5) is 0 Å². The fourth-order valence-electron chi connectivity index (χ4n) is 1.40. The van der Waals surface area contributed by atoms with E-state index in [1.807, 2.05) is 0 Å². The summed E-state index contributed by atoms with van der Waals surface area (Å²) in [6, 6.07) is 3.37. The molecule has 6 heteroatoms. The molecule has 0 spiro atoms. The standard InChI is InChI=1S/C13H18N2O4/c1-9(16)3-4-10-5-6-11(14-7-10)13(18)15-8-12(17)19-2/h5-7,9,16H,3-4,8H2,1-2H3,(H,15,18)/t9-/m0/s1. The minimum atomic E-state index is -0.512. The van der Waals surface area contributed by atoms with Gasteiger partial charge in [-0.3, -0.25) is 14.6 Å². The molecular formula is C13H18N2O4. The number of aliphatic hydroxyl groups is 1. The van der Waals surface area contributed by atoms with Gasteiger partial charge in [-0.25, -0.2) is 0 Å². The molecular weight excluding hydrogens is 248 g/mol. The highest BCUT2D eigenvalue weighted by Crippen LogP contribution is 2.05. The number of nitrogens with one attached hydrogen (secondary N) is 1. The van der Waals surface area contributed by atoms with Gasteiger partial charge in [0, 0.05) is 6.20 Å². The SMILES string of the molecule is COC(=O)CNC(=O)c1ccc(CC[C@H](C)O)cn1. The van der Waals surface area contributed by atoms with Crippen molar-refractivity contribution in [2.24, 2.45) is 0 Å². The van der Waals surface area contributed by atoms with Crippen LogP contribution in [-0.4, -0.2) is 41.7 Å². The van der Waals surface area contributed by atoms with E-state index in [1.54, 1.807) is 25.3 Å². The number of aliphatic hydroxyl groups excluding tert-OH is 1. The number of hydrogen-bond acceptors (Lipinski definition) is 5. The third-order valence-corrected chi connectivity index (χ3v) is 2.53. The summed E-state index contributed by atoms with van der Waals surface area (Å²) in [6.45, 7) is 1.54. The lowest BCUT2D eigenvalue weighted by Gasteiger charge is -2.06. The molecule has 1 aromatic rings. The maximum absolute atomic E-state index is 11.6. The molecule has 0 radical (unpaired) electrons. The monoisotopic (exact) mass is 266 g/mol. The minimum Gasteiger partial charge on any atom is -0.468 e. The van der Waals surface area contributed by atoms with Crippen molar-refractivity contribution in [3.05, 3.63) is 29.6 Å². The van der Waals surface area contributed by atoms with Crippen molar-refractivity contribution in [1.29, 1.82) is 0 Å². The number of carbonyl (C=O) groups excluding carboxylic acids is 2. The lowest BCUT2D eigenvalue weighted by molar-refractivity contribution is -0.139. The van der Waals surface area contributed by atoms with E-state index in [0.29, 0.717) is 12.8 Å². The summed E-state index contributed by atoms with van der Waals surface area (Å²) in [5.74, 6) is -0.936. The number of esters is 1. The van der Waals surface area contributed by atoms with E-state index in [-0.39, 0.29) is 18.3 Å². The van der Waals surface area contributed by atoms with Gasteiger partial charge in [0.2, 0.25) is 0 Å². The molecule has 2 N–H and O–H groups in total. The predicted octanol–water partition coefficient (Wildman–Crippen LogP) is 0.298. The lowest BCUT2D eigenvalue weighted by Crippen LogP contribution is -2.30. The third-order valence-electron chi connectivity index (χ3n) is 2.53. The van der Waals surface area contributed by atoms with Crippen LogP contribution in [0.3, 0.4) is 0 Å². The molecule has 0 aliphatic carbocycles. The molecule has 0 bridgehead atoms. The molecule has 1 heterocycles. The van der Waals surface area contributed by atoms with Crippen molar-refractivity contribution >= 4 is 11.9 Å². The maximum atomic E-state index is 11.6. The zero-order valence-corrected chi connectivity index (χ0v) is 11.0. The summed E-state index contributed by atoms with van der Waals surface area (Å²) in [5.41, 5.74) is 1.19. The smallest absolute Gasteiger partial charge is 0.325 e. The van der Waals surface area contributed by atoms with Gasteiger partial charge in [-0.2, -0.15) is 0 Å². The van der Waals surface area contributed by atoms with Gasteiger partial charge in [0.05, 0.1) is 13.2 Å². The van der Waals surface area contributed by atoms with Crippen molar-refractivity contribution in [2.75, 3.05) is 13.7 Å². The van der Waals surface area contributed by atoms with Crippen molar-refractivity contribution in [2.45, 2.75) is 25.9 Å². The van der Waals surface area contributed by atoms with Gasteiger partial charge in [0.1, 0.15) is 12.2 Å². The van der Waals surface area contributed by atoms with Crippen LogP contribution in [0.1, 0.15) is 29.4 Å². The van der Waals surface area contributed by atoms with Crippen molar-refractivity contribution in [3.63, 3.8) is 0 Å². The first kappa shape index (κ1) is 15.1. The number of hydrogen-bond donors (Lipinski definition) is 2. The Bertz CT molecular complexity index is 429. The number of methoxy groups -OCH3 is 1. The highest BCUT2D eigenvalue weighted by Gasteiger charge is 2.09. The molecule has 0 unspecified atom stereocenters. The molecule has 0 aliphatic heterocycles. The number of pyridine rings is 1. The molecule has 1 rings (SSSR count). The first-order chi connectivity index (χ1) is 9.02. The Kier molecular flexibility index (Phi) is 5.95. The molecule has 104 valence electrons. The van der Waals surface area contributed by atoms with Crippen LogP contribution in [0.5, 0.6) is 0 Å². The summed E-state index contributed by atoms with van der Waals surface area (Å²) in [5, 5.41) is 11.6. The van der Waals surface area contributed by atoms with E-state index in [9.17, 15) is 14.7 Å². The van der Waals surface area contributed by atoms with Gasteiger partial charge in [0.15, 0.2) is 0 Å². The van der Waals surface area contributed by atoms with Gasteiger partial charge in [-0.15, -0.1) is 0 Å². The van der Waals surface area contributed by atoms with E-state index < -0.39 is 11.9 Å². The molecule has 1 amide bonds. The summed E-state index contributed by atoms with van der Waals surface area (Å²) in [7, 11) is 1.25. The number of amides is 1. The lowest BCUT2D eigenvalue weighted by atomic mass is 10.1. The summed E-state index contributed by atoms with van der Waals surface area (Å²) in [4.78, 5) is 26.5. The Morgan fingerprint density at radius 2 is 2.21 bits per heavy atom. The largest absolute Gasteiger partial charge is 0.468 e. The fraction of sp³-hybridized carbons (Fsp3) is 0.462. The summed E-state index contributed by atoms with van der Waals surface area (Å²) in [6.07, 6.45) is 2.59. The topological polar surface area (TPSA) is 88.5 Å². The van der Waals surface area contributed by atoms with E-state index in [4.69, 9.17) is 0 Å². The average Bonchev–Trinajstić information content (AvgIpc) is 2.42.